The van der Waals surface area contributed by atoms with Crippen molar-refractivity contribution in [3.8, 4) is 11.5 Å². The number of nitrogens with one attached hydrogen (secondary N) is 1. The van der Waals surface area contributed by atoms with Gasteiger partial charge >= 0.3 is 0 Å². The monoisotopic (exact) mass is 337 g/mol. The molecule has 0 bridgehead atoms. The van der Waals surface area contributed by atoms with Crippen LogP contribution in [0.25, 0.3) is 0 Å². The van der Waals surface area contributed by atoms with Crippen molar-refractivity contribution < 1.29 is 18.7 Å². The third-order valence-electron chi connectivity index (χ3n) is 2.88. The van der Waals surface area contributed by atoms with Crippen LogP contribution in [0.4, 0.5) is 0 Å². The van der Waals surface area contributed by atoms with E-state index in [0.717, 1.165) is 0 Å². The first-order valence-corrected chi connectivity index (χ1v) is 6.93. The minimum absolute atomic E-state index is 0.203. The van der Waals surface area contributed by atoms with Crippen molar-refractivity contribution in [2.24, 2.45) is 0 Å². The Bertz CT molecular complexity index is 624. The molecule has 6 heteroatoms. The molecule has 0 atom stereocenters. The highest BCUT2D eigenvalue weighted by Crippen LogP contribution is 2.35. The maximum Gasteiger partial charge on any atom is 0.252 e. The predicted octanol–water partition coefficient (Wildman–Crippen LogP) is 2.74. The van der Waals surface area contributed by atoms with E-state index in [0.29, 0.717) is 47.1 Å². The first-order valence-electron chi connectivity index (χ1n) is 6.14. The maximum atomic E-state index is 12.2. The van der Waals surface area contributed by atoms with Crippen LogP contribution in [-0.4, -0.2) is 19.1 Å². The van der Waals surface area contributed by atoms with Crippen molar-refractivity contribution >= 4 is 21.8 Å². The Morgan fingerprint density at radius 1 is 1.25 bits per heavy atom. The van der Waals surface area contributed by atoms with Gasteiger partial charge in [-0.05, 0) is 40.2 Å². The topological polar surface area (TPSA) is 60.7 Å². The second kappa shape index (κ2) is 5.58. The zero-order valence-corrected chi connectivity index (χ0v) is 12.1. The van der Waals surface area contributed by atoms with E-state index in [4.69, 9.17) is 13.9 Å². The van der Waals surface area contributed by atoms with Gasteiger partial charge in [0.15, 0.2) is 11.5 Å². The van der Waals surface area contributed by atoms with Gasteiger partial charge in [0.2, 0.25) is 0 Å². The van der Waals surface area contributed by atoms with Crippen LogP contribution in [0.15, 0.2) is 39.4 Å². The van der Waals surface area contributed by atoms with Crippen molar-refractivity contribution in [2.75, 3.05) is 13.2 Å². The van der Waals surface area contributed by atoms with Crippen molar-refractivity contribution in [1.82, 2.24) is 5.32 Å². The molecule has 5 nitrogen and oxygen atoms in total. The van der Waals surface area contributed by atoms with Crippen LogP contribution in [0.3, 0.4) is 0 Å². The Hall–Kier alpha value is -1.95. The summed E-state index contributed by atoms with van der Waals surface area (Å²) in [5.41, 5.74) is 0.501. The van der Waals surface area contributed by atoms with Crippen LogP contribution in [0.1, 0.15) is 16.1 Å². The minimum atomic E-state index is -0.203. The van der Waals surface area contributed by atoms with Crippen LogP contribution in [0.5, 0.6) is 11.5 Å². The Labute approximate surface area is 124 Å². The number of hydrogen-bond donors (Lipinski definition) is 1. The molecule has 3 rings (SSSR count). The summed E-state index contributed by atoms with van der Waals surface area (Å²) in [7, 11) is 0. The molecule has 0 radical (unpaired) electrons. The molecule has 0 spiro atoms. The number of furan rings is 1. The lowest BCUT2D eigenvalue weighted by atomic mass is 10.2. The Balaban J connectivity index is 1.77. The van der Waals surface area contributed by atoms with Crippen LogP contribution < -0.4 is 14.8 Å². The summed E-state index contributed by atoms with van der Waals surface area (Å²) in [6, 6.07) is 7.01. The molecule has 1 N–H and O–H groups in total. The number of hydrogen-bond acceptors (Lipinski definition) is 4. The van der Waals surface area contributed by atoms with Gasteiger partial charge < -0.3 is 19.2 Å². The normalized spacial score (nSPS) is 13.1. The summed E-state index contributed by atoms with van der Waals surface area (Å²) in [5, 5.41) is 2.79. The first kappa shape index (κ1) is 13.1. The molecule has 2 aromatic rings. The van der Waals surface area contributed by atoms with E-state index in [-0.39, 0.29) is 5.91 Å². The van der Waals surface area contributed by atoms with Crippen molar-refractivity contribution in [3.63, 3.8) is 0 Å². The zero-order chi connectivity index (χ0) is 13.9. The fourth-order valence-corrected chi connectivity index (χ4v) is 2.42. The summed E-state index contributed by atoms with van der Waals surface area (Å²) in [4.78, 5) is 12.2. The molecule has 20 heavy (non-hydrogen) atoms. The quantitative estimate of drug-likeness (QED) is 0.935. The molecule has 1 aliphatic heterocycles. The fraction of sp³-hybridized carbons (Fsp3) is 0.214. The van der Waals surface area contributed by atoms with E-state index in [1.807, 2.05) is 0 Å². The van der Waals surface area contributed by atoms with Crippen LogP contribution in [0.2, 0.25) is 0 Å². The van der Waals surface area contributed by atoms with Gasteiger partial charge in [-0.1, -0.05) is 0 Å². The molecule has 1 aliphatic rings. The van der Waals surface area contributed by atoms with Gasteiger partial charge in [0.05, 0.1) is 18.4 Å². The van der Waals surface area contributed by atoms with Crippen molar-refractivity contribution in [2.45, 2.75) is 6.54 Å². The minimum Gasteiger partial charge on any atom is -0.486 e. The predicted molar refractivity (Wildman–Crippen MR) is 75.0 cm³/mol. The maximum absolute atomic E-state index is 12.2. The second-order valence-corrected chi connectivity index (χ2v) is 5.09. The van der Waals surface area contributed by atoms with E-state index >= 15 is 0 Å². The number of carbonyl (C=O) groups is 1. The van der Waals surface area contributed by atoms with Gasteiger partial charge in [0.25, 0.3) is 5.91 Å². The summed E-state index contributed by atoms with van der Waals surface area (Å²) >= 11 is 3.37. The average molecular weight is 338 g/mol. The second-order valence-electron chi connectivity index (χ2n) is 4.24. The first-order chi connectivity index (χ1) is 9.74. The lowest BCUT2D eigenvalue weighted by Crippen LogP contribution is -2.23. The molecule has 0 fully saturated rings. The van der Waals surface area contributed by atoms with Crippen LogP contribution in [0, 0.1) is 0 Å². The van der Waals surface area contributed by atoms with Crippen LogP contribution in [-0.2, 0) is 6.54 Å². The molecule has 0 saturated heterocycles. The van der Waals surface area contributed by atoms with E-state index in [9.17, 15) is 4.79 Å². The Morgan fingerprint density at radius 2 is 2.00 bits per heavy atom. The molecule has 1 aromatic carbocycles. The summed E-state index contributed by atoms with van der Waals surface area (Å²) in [6.07, 6.45) is 1.57. The number of ether oxygens (including phenoxy) is 2. The highest BCUT2D eigenvalue weighted by molar-refractivity contribution is 9.10. The smallest absolute Gasteiger partial charge is 0.252 e. The lowest BCUT2D eigenvalue weighted by Gasteiger charge is -2.19. The SMILES string of the molecule is O=C(NCc1ccco1)c1cc2c(cc1Br)OCCO2. The van der Waals surface area contributed by atoms with Gasteiger partial charge in [0, 0.05) is 4.47 Å². The average Bonchev–Trinajstić information content (AvgIpc) is 2.97. The highest BCUT2D eigenvalue weighted by atomic mass is 79.9. The molecule has 0 saturated carbocycles. The summed E-state index contributed by atoms with van der Waals surface area (Å²) in [5.74, 6) is 1.73. The Kier molecular flexibility index (Phi) is 3.64. The summed E-state index contributed by atoms with van der Waals surface area (Å²) < 4.78 is 16.8. The molecule has 1 amide bonds. The molecule has 104 valence electrons. The Morgan fingerprint density at radius 3 is 2.70 bits per heavy atom. The number of rotatable bonds is 3. The molecule has 0 unspecified atom stereocenters. The number of amides is 1. The van der Waals surface area contributed by atoms with E-state index in [1.165, 1.54) is 0 Å². The molecular weight excluding hydrogens is 326 g/mol. The zero-order valence-electron chi connectivity index (χ0n) is 10.5. The van der Waals surface area contributed by atoms with E-state index in [1.54, 1.807) is 30.5 Å². The van der Waals surface area contributed by atoms with Gasteiger partial charge in [-0.25, -0.2) is 0 Å². The lowest BCUT2D eigenvalue weighted by molar-refractivity contribution is 0.0946. The van der Waals surface area contributed by atoms with Gasteiger partial charge in [-0.2, -0.15) is 0 Å². The van der Waals surface area contributed by atoms with E-state index in [2.05, 4.69) is 21.2 Å². The summed E-state index contributed by atoms with van der Waals surface area (Å²) in [6.45, 7) is 1.35. The van der Waals surface area contributed by atoms with Gasteiger partial charge in [-0.3, -0.25) is 4.79 Å². The third kappa shape index (κ3) is 2.65. The molecule has 1 aromatic heterocycles. The van der Waals surface area contributed by atoms with Gasteiger partial charge in [-0.15, -0.1) is 0 Å². The number of carbonyl (C=O) groups excluding carboxylic acids is 1. The molecular formula is C14H12BrNO4. The number of halogens is 1. The number of fused-ring (bicyclic) bond motifs is 1. The third-order valence-corrected chi connectivity index (χ3v) is 3.54. The largest absolute Gasteiger partial charge is 0.486 e. The molecule has 2 heterocycles. The van der Waals surface area contributed by atoms with Crippen LogP contribution >= 0.6 is 15.9 Å². The van der Waals surface area contributed by atoms with E-state index < -0.39 is 0 Å². The van der Waals surface area contributed by atoms with Gasteiger partial charge in [0.1, 0.15) is 19.0 Å². The molecule has 0 aliphatic carbocycles. The fourth-order valence-electron chi connectivity index (χ4n) is 1.91. The number of benzene rings is 1. The van der Waals surface area contributed by atoms with Crippen molar-refractivity contribution in [3.05, 3.63) is 46.3 Å². The standard InChI is InChI=1S/C14H12BrNO4/c15-11-7-13-12(19-4-5-20-13)6-10(11)14(17)16-8-9-2-1-3-18-9/h1-3,6-7H,4-5,8H2,(H,16,17). The highest BCUT2D eigenvalue weighted by Gasteiger charge is 2.18. The van der Waals surface area contributed by atoms with Crippen molar-refractivity contribution in [1.29, 1.82) is 0 Å².